The van der Waals surface area contributed by atoms with Gasteiger partial charge in [0, 0.05) is 18.1 Å². The summed E-state index contributed by atoms with van der Waals surface area (Å²) in [6.45, 7) is 3.33. The Kier molecular flexibility index (Phi) is 3.52. The highest BCUT2D eigenvalue weighted by molar-refractivity contribution is 6.04. The second kappa shape index (κ2) is 4.80. The van der Waals surface area contributed by atoms with Gasteiger partial charge in [-0.25, -0.2) is 0 Å². The van der Waals surface area contributed by atoms with Crippen LogP contribution in [0.25, 0.3) is 0 Å². The standard InChI is InChI=1S/C14H18O4/c1-7-10(3-4-15)9(6-16)5-11-12(7)14(18)8(2)13(11)17/h5,8,13,15-17H,3-4,6H2,1-2H3/t8-,13+/m0/s1. The summed E-state index contributed by atoms with van der Waals surface area (Å²) in [5, 5.41) is 28.5. The van der Waals surface area contributed by atoms with Crippen LogP contribution >= 0.6 is 0 Å². The van der Waals surface area contributed by atoms with E-state index in [1.54, 1.807) is 13.0 Å². The van der Waals surface area contributed by atoms with Crippen LogP contribution in [-0.2, 0) is 13.0 Å². The van der Waals surface area contributed by atoms with Crippen molar-refractivity contribution in [3.8, 4) is 0 Å². The van der Waals surface area contributed by atoms with Crippen molar-refractivity contribution in [3.05, 3.63) is 33.9 Å². The van der Waals surface area contributed by atoms with Crippen LogP contribution in [0, 0.1) is 12.8 Å². The van der Waals surface area contributed by atoms with E-state index in [1.807, 2.05) is 6.92 Å². The fourth-order valence-corrected chi connectivity index (χ4v) is 2.76. The lowest BCUT2D eigenvalue weighted by atomic mass is 9.91. The van der Waals surface area contributed by atoms with Crippen molar-refractivity contribution in [1.82, 2.24) is 0 Å². The average Bonchev–Trinajstić information content (AvgIpc) is 2.57. The van der Waals surface area contributed by atoms with Gasteiger partial charge in [0.2, 0.25) is 0 Å². The SMILES string of the molecule is Cc1c(CCO)c(CO)cc2c1C(=O)[C@@H](C)[C@H]2O. The van der Waals surface area contributed by atoms with E-state index in [0.717, 1.165) is 11.1 Å². The molecule has 0 aliphatic heterocycles. The minimum absolute atomic E-state index is 0.0288. The number of carbonyl (C=O) groups excluding carboxylic acids is 1. The van der Waals surface area contributed by atoms with Gasteiger partial charge in [0.05, 0.1) is 12.7 Å². The van der Waals surface area contributed by atoms with Crippen LogP contribution in [0.4, 0.5) is 0 Å². The van der Waals surface area contributed by atoms with Crippen molar-refractivity contribution in [2.75, 3.05) is 6.61 Å². The van der Waals surface area contributed by atoms with E-state index < -0.39 is 12.0 Å². The van der Waals surface area contributed by atoms with Crippen LogP contribution in [-0.4, -0.2) is 27.7 Å². The molecule has 0 amide bonds. The second-order valence-corrected chi connectivity index (χ2v) is 4.83. The third kappa shape index (κ3) is 1.77. The highest BCUT2D eigenvalue weighted by Crippen LogP contribution is 2.39. The van der Waals surface area contributed by atoms with Gasteiger partial charge in [0.25, 0.3) is 0 Å². The fourth-order valence-electron chi connectivity index (χ4n) is 2.76. The second-order valence-electron chi connectivity index (χ2n) is 4.83. The van der Waals surface area contributed by atoms with Gasteiger partial charge in [-0.2, -0.15) is 0 Å². The number of Topliss-reactive ketones (excluding diaryl/α,β-unsaturated/α-hetero) is 1. The molecule has 2 rings (SSSR count). The predicted octanol–water partition coefficient (Wildman–Crippen LogP) is 0.888. The summed E-state index contributed by atoms with van der Waals surface area (Å²) in [7, 11) is 0. The van der Waals surface area contributed by atoms with Crippen molar-refractivity contribution in [3.63, 3.8) is 0 Å². The molecule has 0 unspecified atom stereocenters. The maximum absolute atomic E-state index is 12.1. The van der Waals surface area contributed by atoms with E-state index in [2.05, 4.69) is 0 Å². The highest BCUT2D eigenvalue weighted by Gasteiger charge is 2.37. The summed E-state index contributed by atoms with van der Waals surface area (Å²) in [5.41, 5.74) is 3.44. The van der Waals surface area contributed by atoms with Gasteiger partial charge in [-0.05, 0) is 41.7 Å². The molecule has 0 saturated carbocycles. The van der Waals surface area contributed by atoms with Crippen molar-refractivity contribution >= 4 is 5.78 Å². The summed E-state index contributed by atoms with van der Waals surface area (Å²) < 4.78 is 0. The van der Waals surface area contributed by atoms with Gasteiger partial charge in [-0.3, -0.25) is 4.79 Å². The Labute approximate surface area is 106 Å². The van der Waals surface area contributed by atoms with Crippen molar-refractivity contribution in [1.29, 1.82) is 0 Å². The number of aliphatic hydroxyl groups excluding tert-OH is 3. The maximum Gasteiger partial charge on any atom is 0.169 e. The zero-order chi connectivity index (χ0) is 13.4. The monoisotopic (exact) mass is 250 g/mol. The Bertz CT molecular complexity index is 493. The largest absolute Gasteiger partial charge is 0.396 e. The molecule has 0 radical (unpaired) electrons. The van der Waals surface area contributed by atoms with Crippen molar-refractivity contribution < 1.29 is 20.1 Å². The summed E-state index contributed by atoms with van der Waals surface area (Å²) in [4.78, 5) is 12.1. The lowest BCUT2D eigenvalue weighted by Crippen LogP contribution is -2.09. The number of carbonyl (C=O) groups is 1. The molecular formula is C14H18O4. The maximum atomic E-state index is 12.1. The first-order valence-corrected chi connectivity index (χ1v) is 6.12. The zero-order valence-corrected chi connectivity index (χ0v) is 10.6. The van der Waals surface area contributed by atoms with Crippen LogP contribution in [0.3, 0.4) is 0 Å². The first-order valence-electron chi connectivity index (χ1n) is 6.12. The third-order valence-electron chi connectivity index (χ3n) is 3.82. The molecule has 0 aromatic heterocycles. The van der Waals surface area contributed by atoms with Gasteiger partial charge in [0.15, 0.2) is 5.78 Å². The molecule has 4 nitrogen and oxygen atoms in total. The molecule has 0 saturated heterocycles. The number of ketones is 1. The molecule has 4 heteroatoms. The molecule has 1 aliphatic rings. The normalized spacial score (nSPS) is 22.4. The van der Waals surface area contributed by atoms with E-state index in [1.165, 1.54) is 0 Å². The van der Waals surface area contributed by atoms with Crippen LogP contribution in [0.2, 0.25) is 0 Å². The molecule has 3 N–H and O–H groups in total. The first-order chi connectivity index (χ1) is 8.52. The lowest BCUT2D eigenvalue weighted by molar-refractivity contribution is 0.0790. The lowest BCUT2D eigenvalue weighted by Gasteiger charge is -2.15. The molecule has 18 heavy (non-hydrogen) atoms. The minimum atomic E-state index is -0.792. The van der Waals surface area contributed by atoms with Crippen LogP contribution in [0.1, 0.15) is 45.6 Å². The number of aliphatic hydroxyl groups is 3. The fraction of sp³-hybridized carbons (Fsp3) is 0.500. The van der Waals surface area contributed by atoms with Gasteiger partial charge in [-0.1, -0.05) is 6.92 Å². The minimum Gasteiger partial charge on any atom is -0.396 e. The summed E-state index contributed by atoms with van der Waals surface area (Å²) >= 11 is 0. The Hall–Kier alpha value is -1.23. The van der Waals surface area contributed by atoms with E-state index in [9.17, 15) is 15.0 Å². The van der Waals surface area contributed by atoms with E-state index in [4.69, 9.17) is 5.11 Å². The molecule has 0 bridgehead atoms. The van der Waals surface area contributed by atoms with Gasteiger partial charge < -0.3 is 15.3 Å². The van der Waals surface area contributed by atoms with Crippen molar-refractivity contribution in [2.45, 2.75) is 33.0 Å². The zero-order valence-electron chi connectivity index (χ0n) is 10.6. The third-order valence-corrected chi connectivity index (χ3v) is 3.82. The molecule has 2 atom stereocenters. The molecule has 1 aromatic rings. The number of rotatable bonds is 3. The first kappa shape index (κ1) is 13.2. The summed E-state index contributed by atoms with van der Waals surface area (Å²) in [5.74, 6) is -0.492. The number of benzene rings is 1. The molecule has 0 fully saturated rings. The molecule has 1 aromatic carbocycles. The van der Waals surface area contributed by atoms with Crippen molar-refractivity contribution in [2.24, 2.45) is 5.92 Å². The number of hydrogen-bond donors (Lipinski definition) is 3. The predicted molar refractivity (Wildman–Crippen MR) is 66.3 cm³/mol. The van der Waals surface area contributed by atoms with E-state index in [0.29, 0.717) is 23.1 Å². The molecule has 98 valence electrons. The van der Waals surface area contributed by atoms with Gasteiger partial charge in [0.1, 0.15) is 0 Å². The Morgan fingerprint density at radius 2 is 2.00 bits per heavy atom. The summed E-state index contributed by atoms with van der Waals surface area (Å²) in [6.07, 6.45) is -0.382. The Balaban J connectivity index is 2.66. The van der Waals surface area contributed by atoms with Gasteiger partial charge in [-0.15, -0.1) is 0 Å². The molecule has 0 spiro atoms. The molecule has 1 aliphatic carbocycles. The Morgan fingerprint density at radius 3 is 2.56 bits per heavy atom. The van der Waals surface area contributed by atoms with Crippen LogP contribution in [0.5, 0.6) is 0 Å². The summed E-state index contributed by atoms with van der Waals surface area (Å²) in [6, 6.07) is 1.69. The smallest absolute Gasteiger partial charge is 0.169 e. The highest BCUT2D eigenvalue weighted by atomic mass is 16.3. The molecule has 0 heterocycles. The van der Waals surface area contributed by atoms with Crippen LogP contribution < -0.4 is 0 Å². The topological polar surface area (TPSA) is 77.8 Å². The Morgan fingerprint density at radius 1 is 1.33 bits per heavy atom. The molecular weight excluding hydrogens is 232 g/mol. The quantitative estimate of drug-likeness (QED) is 0.744. The average molecular weight is 250 g/mol. The van der Waals surface area contributed by atoms with E-state index in [-0.39, 0.29) is 19.0 Å². The number of fused-ring (bicyclic) bond motifs is 1. The van der Waals surface area contributed by atoms with Gasteiger partial charge >= 0.3 is 0 Å². The van der Waals surface area contributed by atoms with Crippen LogP contribution in [0.15, 0.2) is 6.07 Å². The van der Waals surface area contributed by atoms with E-state index >= 15 is 0 Å². The number of hydrogen-bond acceptors (Lipinski definition) is 4.